The maximum atomic E-state index is 11.0. The zero-order valence-electron chi connectivity index (χ0n) is 10.7. The lowest BCUT2D eigenvalue weighted by Crippen LogP contribution is -2.43. The number of nitrogen functional groups attached to an aromatic ring is 1. The van der Waals surface area contributed by atoms with Crippen LogP contribution in [0.3, 0.4) is 0 Å². The molecule has 0 aromatic carbocycles. The van der Waals surface area contributed by atoms with Crippen molar-refractivity contribution in [1.29, 1.82) is 0 Å². The van der Waals surface area contributed by atoms with Gasteiger partial charge >= 0.3 is 0 Å². The molecule has 2 rings (SSSR count). The number of hydrogen-bond donors (Lipinski definition) is 2. The number of rotatable bonds is 3. The van der Waals surface area contributed by atoms with Gasteiger partial charge in [0.15, 0.2) is 0 Å². The molecule has 0 saturated carbocycles. The fraction of sp³-hybridized carbons (Fsp3) is 0.538. The number of piperidine rings is 1. The van der Waals surface area contributed by atoms with Gasteiger partial charge in [0.2, 0.25) is 5.91 Å². The van der Waals surface area contributed by atoms with Crippen LogP contribution in [0.5, 0.6) is 0 Å². The van der Waals surface area contributed by atoms with Crippen LogP contribution < -0.4 is 11.1 Å². The number of pyridine rings is 1. The highest BCUT2D eigenvalue weighted by molar-refractivity contribution is 5.73. The van der Waals surface area contributed by atoms with Crippen LogP contribution in [0.25, 0.3) is 0 Å². The Bertz CT molecular complexity index is 413. The molecule has 1 aromatic heterocycles. The maximum absolute atomic E-state index is 11.0. The first-order valence-electron chi connectivity index (χ1n) is 6.34. The minimum Gasteiger partial charge on any atom is -0.383 e. The third-order valence-corrected chi connectivity index (χ3v) is 3.32. The average Bonchev–Trinajstić information content (AvgIpc) is 2.34. The monoisotopic (exact) mass is 248 g/mol. The third kappa shape index (κ3) is 3.43. The number of nitrogens with one attached hydrogen (secondary N) is 1. The summed E-state index contributed by atoms with van der Waals surface area (Å²) in [5.41, 5.74) is 6.92. The Labute approximate surface area is 107 Å². The molecule has 18 heavy (non-hydrogen) atoms. The van der Waals surface area contributed by atoms with Crippen molar-refractivity contribution >= 4 is 11.7 Å². The van der Waals surface area contributed by atoms with Crippen molar-refractivity contribution in [2.75, 3.05) is 18.8 Å². The Morgan fingerprint density at radius 1 is 1.56 bits per heavy atom. The first-order chi connectivity index (χ1) is 8.65. The molecule has 1 amide bonds. The van der Waals surface area contributed by atoms with E-state index in [4.69, 9.17) is 5.73 Å². The number of carbonyl (C=O) groups excluding carboxylic acids is 1. The molecule has 1 aliphatic rings. The van der Waals surface area contributed by atoms with Gasteiger partial charge in [-0.25, -0.2) is 4.98 Å². The molecule has 0 spiro atoms. The van der Waals surface area contributed by atoms with E-state index >= 15 is 0 Å². The molecule has 0 radical (unpaired) electrons. The summed E-state index contributed by atoms with van der Waals surface area (Å²) < 4.78 is 0. The molecule has 5 nitrogen and oxygen atoms in total. The summed E-state index contributed by atoms with van der Waals surface area (Å²) in [4.78, 5) is 17.4. The summed E-state index contributed by atoms with van der Waals surface area (Å²) in [6, 6.07) is 4.25. The van der Waals surface area contributed by atoms with Gasteiger partial charge in [0.25, 0.3) is 0 Å². The predicted molar refractivity (Wildman–Crippen MR) is 70.8 cm³/mol. The van der Waals surface area contributed by atoms with Crippen LogP contribution in [0.4, 0.5) is 5.82 Å². The second-order valence-electron chi connectivity index (χ2n) is 4.80. The Kier molecular flexibility index (Phi) is 4.15. The van der Waals surface area contributed by atoms with Crippen LogP contribution in [0.1, 0.15) is 25.3 Å². The molecule has 0 unspecified atom stereocenters. The molecule has 0 atom stereocenters. The van der Waals surface area contributed by atoms with Crippen LogP contribution in [0.2, 0.25) is 0 Å². The highest BCUT2D eigenvalue weighted by Gasteiger charge is 2.20. The smallest absolute Gasteiger partial charge is 0.217 e. The predicted octanol–water partition coefficient (Wildman–Crippen LogP) is 0.764. The first-order valence-corrected chi connectivity index (χ1v) is 6.34. The zero-order chi connectivity index (χ0) is 13.0. The summed E-state index contributed by atoms with van der Waals surface area (Å²) >= 11 is 0. The van der Waals surface area contributed by atoms with Crippen molar-refractivity contribution < 1.29 is 4.79 Å². The van der Waals surface area contributed by atoms with Gasteiger partial charge in [-0.1, -0.05) is 6.07 Å². The molecule has 0 bridgehead atoms. The minimum absolute atomic E-state index is 0.0601. The number of nitrogens with two attached hydrogens (primary N) is 1. The summed E-state index contributed by atoms with van der Waals surface area (Å²) in [5.74, 6) is 0.673. The van der Waals surface area contributed by atoms with Crippen LogP contribution >= 0.6 is 0 Å². The number of likely N-dealkylation sites (tertiary alicyclic amines) is 1. The normalized spacial score (nSPS) is 17.6. The second-order valence-corrected chi connectivity index (χ2v) is 4.80. The van der Waals surface area contributed by atoms with Crippen LogP contribution in [-0.2, 0) is 11.3 Å². The van der Waals surface area contributed by atoms with Gasteiger partial charge in [0.05, 0.1) is 0 Å². The van der Waals surface area contributed by atoms with E-state index in [1.807, 2.05) is 12.1 Å². The molecule has 1 fully saturated rings. The van der Waals surface area contributed by atoms with Crippen LogP contribution in [0, 0.1) is 0 Å². The molecular formula is C13H20N4O. The van der Waals surface area contributed by atoms with Gasteiger partial charge in [-0.3, -0.25) is 9.69 Å². The highest BCUT2D eigenvalue weighted by atomic mass is 16.1. The molecule has 2 heterocycles. The van der Waals surface area contributed by atoms with Gasteiger partial charge in [-0.05, 0) is 18.9 Å². The number of amides is 1. The number of carbonyl (C=O) groups is 1. The van der Waals surface area contributed by atoms with Crippen molar-refractivity contribution in [3.05, 3.63) is 23.9 Å². The van der Waals surface area contributed by atoms with Gasteiger partial charge in [-0.15, -0.1) is 0 Å². The van der Waals surface area contributed by atoms with Crippen LogP contribution in [0.15, 0.2) is 18.3 Å². The van der Waals surface area contributed by atoms with Gasteiger partial charge < -0.3 is 11.1 Å². The number of anilines is 1. The molecule has 98 valence electrons. The van der Waals surface area contributed by atoms with Crippen molar-refractivity contribution in [3.63, 3.8) is 0 Å². The second kappa shape index (κ2) is 5.82. The standard InChI is InChI=1S/C13H20N4O/c1-10(18)16-12-4-7-17(8-5-12)9-11-3-2-6-15-13(11)14/h2-3,6,12H,4-5,7-9H2,1H3,(H2,14,15)(H,16,18). The van der Waals surface area contributed by atoms with Crippen molar-refractivity contribution in [1.82, 2.24) is 15.2 Å². The zero-order valence-corrected chi connectivity index (χ0v) is 10.7. The summed E-state index contributed by atoms with van der Waals surface area (Å²) in [7, 11) is 0. The van der Waals surface area contributed by atoms with Crippen molar-refractivity contribution in [3.8, 4) is 0 Å². The van der Waals surface area contributed by atoms with E-state index < -0.39 is 0 Å². The average molecular weight is 248 g/mol. The number of aromatic nitrogens is 1. The first kappa shape index (κ1) is 12.8. The lowest BCUT2D eigenvalue weighted by atomic mass is 10.0. The van der Waals surface area contributed by atoms with Crippen LogP contribution in [-0.4, -0.2) is 34.9 Å². The van der Waals surface area contributed by atoms with E-state index in [0.717, 1.165) is 38.0 Å². The van der Waals surface area contributed by atoms with E-state index in [9.17, 15) is 4.79 Å². The number of nitrogens with zero attached hydrogens (tertiary/aromatic N) is 2. The maximum Gasteiger partial charge on any atom is 0.217 e. The third-order valence-electron chi connectivity index (χ3n) is 3.32. The fourth-order valence-electron chi connectivity index (χ4n) is 2.35. The van der Waals surface area contributed by atoms with Gasteiger partial charge in [0.1, 0.15) is 5.82 Å². The fourth-order valence-corrected chi connectivity index (χ4v) is 2.35. The topological polar surface area (TPSA) is 71.2 Å². The molecule has 1 aromatic rings. The number of hydrogen-bond acceptors (Lipinski definition) is 4. The largest absolute Gasteiger partial charge is 0.383 e. The Balaban J connectivity index is 1.84. The van der Waals surface area contributed by atoms with Gasteiger partial charge in [-0.2, -0.15) is 0 Å². The van der Waals surface area contributed by atoms with Gasteiger partial charge in [0, 0.05) is 44.4 Å². The van der Waals surface area contributed by atoms with Crippen molar-refractivity contribution in [2.24, 2.45) is 0 Å². The summed E-state index contributed by atoms with van der Waals surface area (Å²) in [5, 5.41) is 2.97. The Hall–Kier alpha value is -1.62. The van der Waals surface area contributed by atoms with E-state index in [2.05, 4.69) is 15.2 Å². The quantitative estimate of drug-likeness (QED) is 0.828. The SMILES string of the molecule is CC(=O)NC1CCN(Cc2cccnc2N)CC1. The Morgan fingerprint density at radius 2 is 2.28 bits per heavy atom. The Morgan fingerprint density at radius 3 is 2.89 bits per heavy atom. The molecule has 5 heteroatoms. The van der Waals surface area contributed by atoms with E-state index in [-0.39, 0.29) is 5.91 Å². The summed E-state index contributed by atoms with van der Waals surface area (Å²) in [6.45, 7) is 4.38. The molecule has 1 saturated heterocycles. The van der Waals surface area contributed by atoms with Crippen molar-refractivity contribution in [2.45, 2.75) is 32.4 Å². The molecular weight excluding hydrogens is 228 g/mol. The lowest BCUT2D eigenvalue weighted by molar-refractivity contribution is -0.119. The minimum atomic E-state index is 0.0601. The lowest BCUT2D eigenvalue weighted by Gasteiger charge is -2.32. The molecule has 1 aliphatic heterocycles. The van der Waals surface area contributed by atoms with E-state index in [1.165, 1.54) is 0 Å². The van der Waals surface area contributed by atoms with E-state index in [1.54, 1.807) is 13.1 Å². The van der Waals surface area contributed by atoms with E-state index in [0.29, 0.717) is 11.9 Å². The summed E-state index contributed by atoms with van der Waals surface area (Å²) in [6.07, 6.45) is 3.71. The molecule has 0 aliphatic carbocycles. The molecule has 3 N–H and O–H groups in total. The highest BCUT2D eigenvalue weighted by Crippen LogP contribution is 2.16.